The number of rotatable bonds is 7. The van der Waals surface area contributed by atoms with Crippen molar-refractivity contribution in [1.29, 1.82) is 0 Å². The van der Waals surface area contributed by atoms with E-state index in [1.54, 1.807) is 0 Å². The van der Waals surface area contributed by atoms with Crippen LogP contribution >= 0.6 is 0 Å². The predicted molar refractivity (Wildman–Crippen MR) is 48.1 cm³/mol. The average Bonchev–Trinajstić information content (AvgIpc) is 2.19. The first-order chi connectivity index (χ1) is 8.71. The second-order valence-electron chi connectivity index (χ2n) is 2.76. The highest BCUT2D eigenvalue weighted by molar-refractivity contribution is 7.87. The van der Waals surface area contributed by atoms with Gasteiger partial charge in [-0.25, -0.2) is 0 Å². The minimum atomic E-state index is -5.91. The maximum atomic E-state index is 11.7. The van der Waals surface area contributed by atoms with E-state index in [4.69, 9.17) is 0 Å². The van der Waals surface area contributed by atoms with Crippen molar-refractivity contribution in [3.63, 3.8) is 0 Å². The number of hydrogen-bond acceptors (Lipinski definition) is 8. The molecule has 0 atom stereocenters. The molecule has 0 bridgehead atoms. The zero-order valence-electron chi connectivity index (χ0n) is 8.95. The fraction of sp³-hybridized carbons (Fsp3) is 1.00. The van der Waals surface area contributed by atoms with Crippen LogP contribution in [0.5, 0.6) is 0 Å². The maximum absolute atomic E-state index is 11.7. The van der Waals surface area contributed by atoms with Gasteiger partial charge in [-0.05, 0) is 0 Å². The Morgan fingerprint density at radius 2 is 0.950 bits per heavy atom. The molecule has 8 nitrogen and oxygen atoms in total. The lowest BCUT2D eigenvalue weighted by Crippen LogP contribution is -2.37. The predicted octanol–water partition coefficient (Wildman–Crippen LogP) is -0.272. The minimum absolute atomic E-state index is 0.817. The highest BCUT2D eigenvalue weighted by Crippen LogP contribution is 2.24. The van der Waals surface area contributed by atoms with Crippen molar-refractivity contribution in [3.8, 4) is 0 Å². The summed E-state index contributed by atoms with van der Waals surface area (Å²) in [5.41, 5.74) is -8.92. The Hall–Kier alpha value is -0.680. The summed E-state index contributed by atoms with van der Waals surface area (Å²) in [6, 6.07) is 0. The summed E-state index contributed by atoms with van der Waals surface area (Å²) >= 11 is 0. The van der Waals surface area contributed by atoms with Gasteiger partial charge in [0, 0.05) is 13.1 Å². The van der Waals surface area contributed by atoms with Gasteiger partial charge in [0.1, 0.15) is 0 Å². The van der Waals surface area contributed by atoms with Crippen LogP contribution in [0.3, 0.4) is 0 Å². The molecule has 0 radical (unpaired) electrons. The SMILES string of the molecule is O=S(=O)(ONCCNOS(=O)(=O)C(F)(F)F)C(F)(F)F. The standard InChI is InChI=1S/C4H6F6N2O6S2/c5-3(6,7)19(13,14)17-11-1-2-12-18-20(15,16)4(8,9)10/h11-12H,1-2H2. The molecule has 0 unspecified atom stereocenters. The van der Waals surface area contributed by atoms with Gasteiger partial charge in [0.25, 0.3) is 0 Å². The van der Waals surface area contributed by atoms with Crippen molar-refractivity contribution >= 4 is 20.2 Å². The van der Waals surface area contributed by atoms with Crippen LogP contribution in [0.4, 0.5) is 26.3 Å². The highest BCUT2D eigenvalue weighted by atomic mass is 32.2. The first-order valence-corrected chi connectivity index (χ1v) is 6.97. The van der Waals surface area contributed by atoms with Crippen LogP contribution in [0, 0.1) is 0 Å². The molecule has 20 heavy (non-hydrogen) atoms. The Balaban J connectivity index is 4.03. The molecule has 16 heteroatoms. The molecule has 0 spiro atoms. The van der Waals surface area contributed by atoms with Crippen LogP contribution in [0.1, 0.15) is 0 Å². The van der Waals surface area contributed by atoms with Gasteiger partial charge < -0.3 is 0 Å². The van der Waals surface area contributed by atoms with Gasteiger partial charge in [-0.1, -0.05) is 0 Å². The normalized spacial score (nSPS) is 14.5. The average molecular weight is 356 g/mol. The molecule has 0 saturated heterocycles. The van der Waals surface area contributed by atoms with Crippen molar-refractivity contribution < 1.29 is 51.7 Å². The molecule has 0 rings (SSSR count). The van der Waals surface area contributed by atoms with Crippen molar-refractivity contribution in [2.45, 2.75) is 11.0 Å². The van der Waals surface area contributed by atoms with E-state index in [-0.39, 0.29) is 0 Å². The molecular formula is C4H6F6N2O6S2. The van der Waals surface area contributed by atoms with E-state index in [1.165, 1.54) is 11.0 Å². The first kappa shape index (κ1) is 19.3. The second kappa shape index (κ2) is 6.39. The van der Waals surface area contributed by atoms with Gasteiger partial charge in [-0.3, -0.25) is 0 Å². The quantitative estimate of drug-likeness (QED) is 0.278. The van der Waals surface area contributed by atoms with Gasteiger partial charge in [0.2, 0.25) is 0 Å². The van der Waals surface area contributed by atoms with Crippen LogP contribution in [0.2, 0.25) is 0 Å². The fourth-order valence-corrected chi connectivity index (χ4v) is 1.10. The van der Waals surface area contributed by atoms with Crippen LogP contribution in [-0.2, 0) is 28.8 Å². The number of alkyl halides is 6. The van der Waals surface area contributed by atoms with Crippen LogP contribution < -0.4 is 11.0 Å². The largest absolute Gasteiger partial charge is 0.524 e. The zero-order valence-corrected chi connectivity index (χ0v) is 10.6. The van der Waals surface area contributed by atoms with Gasteiger partial charge in [-0.2, -0.15) is 62.7 Å². The molecule has 0 aromatic heterocycles. The fourth-order valence-electron chi connectivity index (χ4n) is 0.435. The number of halogens is 6. The second-order valence-corrected chi connectivity index (χ2v) is 5.83. The molecule has 0 aromatic carbocycles. The van der Waals surface area contributed by atoms with Gasteiger partial charge in [-0.15, -0.1) is 0 Å². The first-order valence-electron chi connectivity index (χ1n) is 4.16. The van der Waals surface area contributed by atoms with Crippen molar-refractivity contribution in [2.24, 2.45) is 0 Å². The number of hydrogen-bond donors (Lipinski definition) is 2. The van der Waals surface area contributed by atoms with Crippen LogP contribution in [0.25, 0.3) is 0 Å². The summed E-state index contributed by atoms with van der Waals surface area (Å²) in [5, 5.41) is 0. The molecule has 0 aromatic rings. The van der Waals surface area contributed by atoms with E-state index >= 15 is 0 Å². The Kier molecular flexibility index (Phi) is 6.18. The maximum Gasteiger partial charge on any atom is 0.524 e. The Morgan fingerprint density at radius 3 is 1.15 bits per heavy atom. The molecule has 0 aliphatic carbocycles. The number of hydroxylamine groups is 2. The van der Waals surface area contributed by atoms with Crippen molar-refractivity contribution in [2.75, 3.05) is 13.1 Å². The Labute approximate surface area is 108 Å². The number of nitrogens with one attached hydrogen (secondary N) is 2. The Bertz CT molecular complexity index is 461. The molecule has 0 aliphatic rings. The van der Waals surface area contributed by atoms with E-state index in [0.717, 1.165) is 0 Å². The summed E-state index contributed by atoms with van der Waals surface area (Å²) in [5.74, 6) is 0. The van der Waals surface area contributed by atoms with E-state index in [9.17, 15) is 43.2 Å². The smallest absolute Gasteiger partial charge is 0.188 e. The third-order valence-electron chi connectivity index (χ3n) is 1.23. The topological polar surface area (TPSA) is 111 Å². The molecule has 122 valence electrons. The van der Waals surface area contributed by atoms with Crippen molar-refractivity contribution in [3.05, 3.63) is 0 Å². The molecule has 0 amide bonds. The van der Waals surface area contributed by atoms with Crippen LogP contribution in [-0.4, -0.2) is 40.9 Å². The molecule has 2 N–H and O–H groups in total. The van der Waals surface area contributed by atoms with E-state index in [2.05, 4.69) is 8.57 Å². The molecule has 0 heterocycles. The summed E-state index contributed by atoms with van der Waals surface area (Å²) in [6.45, 7) is -1.63. The van der Waals surface area contributed by atoms with E-state index in [0.29, 0.717) is 0 Å². The lowest BCUT2D eigenvalue weighted by molar-refractivity contribution is -0.0604. The molecule has 0 saturated carbocycles. The highest BCUT2D eigenvalue weighted by Gasteiger charge is 2.48. The third kappa shape index (κ3) is 5.75. The van der Waals surface area contributed by atoms with Gasteiger partial charge in [0.05, 0.1) is 0 Å². The summed E-state index contributed by atoms with van der Waals surface area (Å²) in [6.07, 6.45) is 0. The molecular weight excluding hydrogens is 350 g/mol. The summed E-state index contributed by atoms with van der Waals surface area (Å²) < 4.78 is 118. The zero-order chi connectivity index (χ0) is 16.2. The van der Waals surface area contributed by atoms with Crippen LogP contribution in [0.15, 0.2) is 0 Å². The van der Waals surface area contributed by atoms with E-state index < -0.39 is 44.3 Å². The Morgan fingerprint density at radius 1 is 0.700 bits per heavy atom. The summed E-state index contributed by atoms with van der Waals surface area (Å²) in [7, 11) is -11.8. The minimum Gasteiger partial charge on any atom is -0.188 e. The molecule has 0 aliphatic heterocycles. The monoisotopic (exact) mass is 356 g/mol. The summed E-state index contributed by atoms with van der Waals surface area (Å²) in [4.78, 5) is 0. The van der Waals surface area contributed by atoms with E-state index in [1.807, 2.05) is 0 Å². The third-order valence-corrected chi connectivity index (χ3v) is 3.04. The van der Waals surface area contributed by atoms with Gasteiger partial charge in [0.15, 0.2) is 0 Å². The van der Waals surface area contributed by atoms with Crippen molar-refractivity contribution in [1.82, 2.24) is 11.0 Å². The lowest BCUT2D eigenvalue weighted by Gasteiger charge is -2.10. The molecule has 0 fully saturated rings. The van der Waals surface area contributed by atoms with Gasteiger partial charge >= 0.3 is 31.3 Å². The lowest BCUT2D eigenvalue weighted by atomic mass is 10.7.